The van der Waals surface area contributed by atoms with Crippen molar-refractivity contribution in [1.29, 1.82) is 0 Å². The van der Waals surface area contributed by atoms with Gasteiger partial charge in [0.25, 0.3) is 23.6 Å². The van der Waals surface area contributed by atoms with Crippen LogP contribution in [0.15, 0.2) is 164 Å². The first kappa shape index (κ1) is 35.6. The fourth-order valence-electron chi connectivity index (χ4n) is 6.00. The SMILES string of the molecule is O=C(/C=C/c1ccccc1)c1cccc(NC(=O)c2cc(C(=O)Nc3cccc(C(=O)/C=C/c4ccccc4)c3)cc(N3C(=O)c4ccccc4C3=O)c2)c1. The van der Waals surface area contributed by atoms with E-state index >= 15 is 0 Å². The number of hydrogen-bond donors (Lipinski definition) is 2. The third-order valence-corrected chi connectivity index (χ3v) is 8.76. The number of hydrogen-bond acceptors (Lipinski definition) is 6. The summed E-state index contributed by atoms with van der Waals surface area (Å²) in [5, 5.41) is 5.53. The zero-order valence-corrected chi connectivity index (χ0v) is 29.1. The molecule has 2 N–H and O–H groups in total. The van der Waals surface area contributed by atoms with Crippen molar-refractivity contribution in [3.8, 4) is 0 Å². The highest BCUT2D eigenvalue weighted by molar-refractivity contribution is 6.34. The monoisotopic (exact) mass is 721 g/mol. The maximum Gasteiger partial charge on any atom is 0.266 e. The molecule has 1 aliphatic heterocycles. The van der Waals surface area contributed by atoms with Crippen LogP contribution >= 0.6 is 0 Å². The third-order valence-electron chi connectivity index (χ3n) is 8.76. The van der Waals surface area contributed by atoms with Crippen LogP contribution in [0.1, 0.15) is 73.3 Å². The number of carbonyl (C=O) groups is 6. The lowest BCUT2D eigenvalue weighted by molar-refractivity contribution is 0.0920. The first-order valence-electron chi connectivity index (χ1n) is 17.2. The van der Waals surface area contributed by atoms with E-state index in [9.17, 15) is 28.8 Å². The summed E-state index contributed by atoms with van der Waals surface area (Å²) in [6.45, 7) is 0. The minimum Gasteiger partial charge on any atom is -0.322 e. The van der Waals surface area contributed by atoms with Crippen LogP contribution in [0.3, 0.4) is 0 Å². The van der Waals surface area contributed by atoms with Gasteiger partial charge in [-0.3, -0.25) is 28.8 Å². The summed E-state index contributed by atoms with van der Waals surface area (Å²) in [6, 6.07) is 41.9. The lowest BCUT2D eigenvalue weighted by Crippen LogP contribution is -2.30. The predicted molar refractivity (Wildman–Crippen MR) is 212 cm³/mol. The fraction of sp³-hybridized carbons (Fsp3) is 0. The molecule has 6 aromatic rings. The van der Waals surface area contributed by atoms with Gasteiger partial charge in [0.1, 0.15) is 0 Å². The molecule has 0 aliphatic carbocycles. The Morgan fingerprint density at radius 3 is 1.29 bits per heavy atom. The molecule has 0 fully saturated rings. The summed E-state index contributed by atoms with van der Waals surface area (Å²) in [5.41, 5.74) is 3.33. The molecule has 4 amide bonds. The molecule has 0 atom stereocenters. The van der Waals surface area contributed by atoms with Crippen molar-refractivity contribution in [3.05, 3.63) is 208 Å². The molecule has 0 saturated carbocycles. The lowest BCUT2D eigenvalue weighted by atomic mass is 10.1. The smallest absolute Gasteiger partial charge is 0.266 e. The standard InChI is InChI=1S/C46H31N3O6/c50-41(23-21-30-11-3-1-4-12-30)32-15-9-17-36(26-32)47-43(52)34-25-35(29-38(28-34)49-45(54)39-19-7-8-20-40(39)46(49)55)44(53)48-37-18-10-16-33(27-37)42(51)24-22-31-13-5-2-6-14-31/h1-29H,(H,47,52)(H,48,53)/b23-21+,24-22+. The molecule has 1 heterocycles. The Bertz CT molecular complexity index is 2390. The zero-order chi connectivity index (χ0) is 38.3. The van der Waals surface area contributed by atoms with Crippen molar-refractivity contribution in [2.45, 2.75) is 0 Å². The van der Waals surface area contributed by atoms with E-state index in [4.69, 9.17) is 0 Å². The van der Waals surface area contributed by atoms with Crippen LogP contribution in [0.4, 0.5) is 17.1 Å². The van der Waals surface area contributed by atoms with Crippen molar-refractivity contribution in [2.24, 2.45) is 0 Å². The summed E-state index contributed by atoms with van der Waals surface area (Å²) < 4.78 is 0. The average Bonchev–Trinajstić information content (AvgIpc) is 3.48. The molecule has 7 rings (SSSR count). The van der Waals surface area contributed by atoms with Gasteiger partial charge in [0, 0.05) is 33.6 Å². The molecule has 9 nitrogen and oxygen atoms in total. The molecule has 266 valence electrons. The van der Waals surface area contributed by atoms with Crippen LogP contribution in [-0.2, 0) is 0 Å². The number of imide groups is 1. The van der Waals surface area contributed by atoms with Gasteiger partial charge in [-0.25, -0.2) is 4.90 Å². The number of rotatable bonds is 11. The van der Waals surface area contributed by atoms with Crippen LogP contribution < -0.4 is 15.5 Å². The second-order valence-electron chi connectivity index (χ2n) is 12.5. The van der Waals surface area contributed by atoms with Gasteiger partial charge < -0.3 is 10.6 Å². The van der Waals surface area contributed by atoms with E-state index in [1.54, 1.807) is 60.7 Å². The maximum absolute atomic E-state index is 13.8. The number of anilines is 3. The van der Waals surface area contributed by atoms with Crippen molar-refractivity contribution in [3.63, 3.8) is 0 Å². The fourth-order valence-corrected chi connectivity index (χ4v) is 6.00. The summed E-state index contributed by atoms with van der Waals surface area (Å²) in [7, 11) is 0. The van der Waals surface area contributed by atoms with Gasteiger partial charge in [0.15, 0.2) is 11.6 Å². The Morgan fingerprint density at radius 2 is 0.855 bits per heavy atom. The van der Waals surface area contributed by atoms with Crippen LogP contribution in [0, 0.1) is 0 Å². The predicted octanol–water partition coefficient (Wildman–Crippen LogP) is 8.78. The molecule has 0 spiro atoms. The van der Waals surface area contributed by atoms with Gasteiger partial charge in [0.2, 0.25) is 0 Å². The second kappa shape index (κ2) is 15.9. The second-order valence-corrected chi connectivity index (χ2v) is 12.5. The van der Waals surface area contributed by atoms with Crippen LogP contribution in [0.2, 0.25) is 0 Å². The zero-order valence-electron chi connectivity index (χ0n) is 29.1. The van der Waals surface area contributed by atoms with Crippen LogP contribution in [0.25, 0.3) is 12.2 Å². The van der Waals surface area contributed by atoms with E-state index in [2.05, 4.69) is 10.6 Å². The Kier molecular flexibility index (Phi) is 10.3. The van der Waals surface area contributed by atoms with E-state index in [-0.39, 0.29) is 39.5 Å². The van der Waals surface area contributed by atoms with E-state index in [0.717, 1.165) is 16.0 Å². The Balaban J connectivity index is 1.16. The molecule has 55 heavy (non-hydrogen) atoms. The molecule has 0 saturated heterocycles. The van der Waals surface area contributed by atoms with Crippen molar-refractivity contribution in [2.75, 3.05) is 15.5 Å². The van der Waals surface area contributed by atoms with Gasteiger partial charge in [-0.1, -0.05) is 109 Å². The summed E-state index contributed by atoms with van der Waals surface area (Å²) in [5.74, 6) is -3.07. The molecule has 0 unspecified atom stereocenters. The Hall–Kier alpha value is -7.78. The van der Waals surface area contributed by atoms with Crippen molar-refractivity contribution in [1.82, 2.24) is 0 Å². The number of nitrogens with one attached hydrogen (secondary N) is 2. The molecule has 0 radical (unpaired) electrons. The molecule has 9 heteroatoms. The number of amides is 4. The number of allylic oxidation sites excluding steroid dienone is 2. The first-order valence-corrected chi connectivity index (χ1v) is 17.2. The van der Waals surface area contributed by atoms with E-state index in [0.29, 0.717) is 22.5 Å². The quantitative estimate of drug-likeness (QED) is 0.0782. The van der Waals surface area contributed by atoms with Crippen molar-refractivity contribution >= 4 is 64.4 Å². The summed E-state index contributed by atoms with van der Waals surface area (Å²) in [4.78, 5) is 81.4. The van der Waals surface area contributed by atoms with Crippen molar-refractivity contribution < 1.29 is 28.8 Å². The normalized spacial score (nSPS) is 12.2. The molecule has 6 aromatic carbocycles. The number of benzene rings is 6. The highest BCUT2D eigenvalue weighted by atomic mass is 16.2. The number of ketones is 2. The van der Waals surface area contributed by atoms with Crippen LogP contribution in [0.5, 0.6) is 0 Å². The Labute approximate surface area is 316 Å². The molecular weight excluding hydrogens is 691 g/mol. The first-order chi connectivity index (χ1) is 26.7. The molecule has 1 aliphatic rings. The molecular formula is C46H31N3O6. The van der Waals surface area contributed by atoms with Gasteiger partial charge >= 0.3 is 0 Å². The minimum absolute atomic E-state index is 0.00829. The third kappa shape index (κ3) is 8.16. The average molecular weight is 722 g/mol. The van der Waals surface area contributed by atoms with Gasteiger partial charge in [-0.2, -0.15) is 0 Å². The van der Waals surface area contributed by atoms with E-state index < -0.39 is 23.6 Å². The summed E-state index contributed by atoms with van der Waals surface area (Å²) in [6.07, 6.45) is 6.28. The number of fused-ring (bicyclic) bond motifs is 1. The van der Waals surface area contributed by atoms with E-state index in [1.165, 1.54) is 54.6 Å². The molecule has 0 bridgehead atoms. The lowest BCUT2D eigenvalue weighted by Gasteiger charge is -2.17. The maximum atomic E-state index is 13.8. The Morgan fingerprint density at radius 1 is 0.436 bits per heavy atom. The highest BCUT2D eigenvalue weighted by Gasteiger charge is 2.37. The van der Waals surface area contributed by atoms with Gasteiger partial charge in [-0.15, -0.1) is 0 Å². The topological polar surface area (TPSA) is 130 Å². The largest absolute Gasteiger partial charge is 0.322 e. The number of carbonyl (C=O) groups excluding carboxylic acids is 6. The molecule has 0 aromatic heterocycles. The van der Waals surface area contributed by atoms with Gasteiger partial charge in [-0.05, 0) is 77.9 Å². The minimum atomic E-state index is -0.658. The van der Waals surface area contributed by atoms with Crippen LogP contribution in [-0.4, -0.2) is 35.2 Å². The van der Waals surface area contributed by atoms with Gasteiger partial charge in [0.05, 0.1) is 16.8 Å². The van der Waals surface area contributed by atoms with E-state index in [1.807, 2.05) is 60.7 Å². The number of nitrogens with zero attached hydrogens (tertiary/aromatic N) is 1. The summed E-state index contributed by atoms with van der Waals surface area (Å²) >= 11 is 0. The highest BCUT2D eigenvalue weighted by Crippen LogP contribution is 2.31.